The maximum Gasteiger partial charge on any atom is 0.248 e. The van der Waals surface area contributed by atoms with E-state index in [0.29, 0.717) is 13.0 Å². The molecule has 1 aliphatic rings. The van der Waals surface area contributed by atoms with Crippen molar-refractivity contribution in [3.63, 3.8) is 0 Å². The van der Waals surface area contributed by atoms with E-state index in [-0.39, 0.29) is 11.9 Å². The molecule has 0 bridgehead atoms. The first-order valence-electron chi connectivity index (χ1n) is 4.30. The summed E-state index contributed by atoms with van der Waals surface area (Å²) < 4.78 is 0. The number of alkyl halides is 1. The Morgan fingerprint density at radius 1 is 1.75 bits per heavy atom. The second-order valence-electron chi connectivity index (χ2n) is 2.92. The van der Waals surface area contributed by atoms with E-state index in [0.717, 1.165) is 18.2 Å². The third-order valence-corrected chi connectivity index (χ3v) is 2.64. The van der Waals surface area contributed by atoms with E-state index in [1.165, 1.54) is 5.06 Å². The summed E-state index contributed by atoms with van der Waals surface area (Å²) in [6, 6.07) is 0.259. The summed E-state index contributed by atoms with van der Waals surface area (Å²) in [7, 11) is 0. The molecular formula is C8H14BrNO2. The third kappa shape index (κ3) is 2.20. The lowest BCUT2D eigenvalue weighted by atomic mass is 10.1. The molecule has 0 N–H and O–H groups in total. The van der Waals surface area contributed by atoms with Crippen molar-refractivity contribution in [3.05, 3.63) is 0 Å². The van der Waals surface area contributed by atoms with Crippen LogP contribution in [0.5, 0.6) is 0 Å². The summed E-state index contributed by atoms with van der Waals surface area (Å²) in [6.45, 7) is 2.76. The average molecular weight is 236 g/mol. The molecule has 1 heterocycles. The quantitative estimate of drug-likeness (QED) is 0.413. The Labute approximate surface area is 81.1 Å². The van der Waals surface area contributed by atoms with Gasteiger partial charge in [0, 0.05) is 5.33 Å². The van der Waals surface area contributed by atoms with Crippen LogP contribution in [0.15, 0.2) is 0 Å². The van der Waals surface area contributed by atoms with Gasteiger partial charge in [-0.25, -0.2) is 5.06 Å². The van der Waals surface area contributed by atoms with E-state index < -0.39 is 0 Å². The zero-order valence-corrected chi connectivity index (χ0v) is 8.84. The van der Waals surface area contributed by atoms with Gasteiger partial charge < -0.3 is 0 Å². The van der Waals surface area contributed by atoms with Crippen LogP contribution in [-0.2, 0) is 9.63 Å². The highest BCUT2D eigenvalue weighted by atomic mass is 79.9. The minimum Gasteiger partial charge on any atom is -0.272 e. The lowest BCUT2D eigenvalue weighted by Crippen LogP contribution is -2.53. The summed E-state index contributed by atoms with van der Waals surface area (Å²) >= 11 is 3.33. The van der Waals surface area contributed by atoms with Gasteiger partial charge in [-0.2, -0.15) is 0 Å². The molecule has 0 spiro atoms. The molecule has 1 atom stereocenters. The second kappa shape index (κ2) is 4.82. The first-order chi connectivity index (χ1) is 5.79. The number of carbonyl (C=O) groups is 1. The van der Waals surface area contributed by atoms with E-state index in [2.05, 4.69) is 22.9 Å². The number of β-lactam (4-membered cyclic amide) rings is 1. The van der Waals surface area contributed by atoms with Crippen molar-refractivity contribution < 1.29 is 9.63 Å². The van der Waals surface area contributed by atoms with Gasteiger partial charge in [-0.1, -0.05) is 29.3 Å². The van der Waals surface area contributed by atoms with E-state index >= 15 is 0 Å². The van der Waals surface area contributed by atoms with E-state index in [1.54, 1.807) is 0 Å². The van der Waals surface area contributed by atoms with Crippen molar-refractivity contribution in [2.45, 2.75) is 32.2 Å². The number of rotatable bonds is 5. The maximum absolute atomic E-state index is 11.0. The number of amides is 1. The average Bonchev–Trinajstić information content (AvgIpc) is 2.08. The SMILES string of the molecule is CCCCON1C(=O)CC1CBr. The van der Waals surface area contributed by atoms with Gasteiger partial charge in [-0.15, -0.1) is 0 Å². The van der Waals surface area contributed by atoms with E-state index in [4.69, 9.17) is 4.84 Å². The summed E-state index contributed by atoms with van der Waals surface area (Å²) in [5.74, 6) is 0.107. The number of nitrogens with zero attached hydrogens (tertiary/aromatic N) is 1. The number of unbranched alkanes of at least 4 members (excludes halogenated alkanes) is 1. The monoisotopic (exact) mass is 235 g/mol. The van der Waals surface area contributed by atoms with Crippen molar-refractivity contribution in [1.82, 2.24) is 5.06 Å². The predicted molar refractivity (Wildman–Crippen MR) is 49.9 cm³/mol. The largest absolute Gasteiger partial charge is 0.272 e. The van der Waals surface area contributed by atoms with Gasteiger partial charge in [0.05, 0.1) is 19.1 Å². The number of hydroxylamine groups is 2. The molecule has 1 amide bonds. The molecule has 3 nitrogen and oxygen atoms in total. The minimum absolute atomic E-state index is 0.107. The predicted octanol–water partition coefficient (Wildman–Crippen LogP) is 1.71. The Balaban J connectivity index is 2.16. The molecule has 12 heavy (non-hydrogen) atoms. The van der Waals surface area contributed by atoms with Crippen molar-refractivity contribution in [3.8, 4) is 0 Å². The normalized spacial score (nSPS) is 22.7. The molecule has 1 saturated heterocycles. The zero-order valence-electron chi connectivity index (χ0n) is 7.25. The molecule has 1 rings (SSSR count). The van der Waals surface area contributed by atoms with Crippen LogP contribution in [0.2, 0.25) is 0 Å². The van der Waals surface area contributed by atoms with Crippen LogP contribution in [0.25, 0.3) is 0 Å². The highest BCUT2D eigenvalue weighted by molar-refractivity contribution is 9.09. The standard InChI is InChI=1S/C8H14BrNO2/c1-2-3-4-12-10-7(6-9)5-8(10)11/h7H,2-6H2,1H3. The topological polar surface area (TPSA) is 29.5 Å². The number of halogens is 1. The van der Waals surface area contributed by atoms with Crippen molar-refractivity contribution >= 4 is 21.8 Å². The molecule has 1 unspecified atom stereocenters. The molecule has 1 aliphatic heterocycles. The summed E-state index contributed by atoms with van der Waals surface area (Å²) in [5, 5.41) is 2.30. The Hall–Kier alpha value is -0.0900. The van der Waals surface area contributed by atoms with Crippen LogP contribution in [0, 0.1) is 0 Å². The Morgan fingerprint density at radius 2 is 2.50 bits per heavy atom. The highest BCUT2D eigenvalue weighted by Gasteiger charge is 2.36. The van der Waals surface area contributed by atoms with Crippen LogP contribution in [0.1, 0.15) is 26.2 Å². The fourth-order valence-electron chi connectivity index (χ4n) is 1.07. The summed E-state index contributed by atoms with van der Waals surface area (Å²) in [5.41, 5.74) is 0. The third-order valence-electron chi connectivity index (χ3n) is 1.89. The van der Waals surface area contributed by atoms with Crippen molar-refractivity contribution in [1.29, 1.82) is 0 Å². The molecule has 0 saturated carbocycles. The lowest BCUT2D eigenvalue weighted by molar-refractivity contribution is -0.224. The fourth-order valence-corrected chi connectivity index (χ4v) is 1.56. The van der Waals surface area contributed by atoms with E-state index in [9.17, 15) is 4.79 Å². The van der Waals surface area contributed by atoms with Gasteiger partial charge in [0.25, 0.3) is 0 Å². The zero-order chi connectivity index (χ0) is 8.97. The number of hydrogen-bond donors (Lipinski definition) is 0. The molecule has 0 radical (unpaired) electrons. The molecule has 0 aliphatic carbocycles. The molecule has 70 valence electrons. The van der Waals surface area contributed by atoms with Gasteiger partial charge in [0.2, 0.25) is 5.91 Å². The van der Waals surface area contributed by atoms with Gasteiger partial charge in [0.15, 0.2) is 0 Å². The molecule has 4 heteroatoms. The van der Waals surface area contributed by atoms with Gasteiger partial charge in [-0.3, -0.25) is 9.63 Å². The molecule has 0 aromatic heterocycles. The van der Waals surface area contributed by atoms with Crippen molar-refractivity contribution in [2.24, 2.45) is 0 Å². The lowest BCUT2D eigenvalue weighted by Gasteiger charge is -2.37. The smallest absolute Gasteiger partial charge is 0.248 e. The molecule has 0 aromatic carbocycles. The Kier molecular flexibility index (Phi) is 4.01. The molecular weight excluding hydrogens is 222 g/mol. The summed E-state index contributed by atoms with van der Waals surface area (Å²) in [4.78, 5) is 16.3. The second-order valence-corrected chi connectivity index (χ2v) is 3.57. The first kappa shape index (κ1) is 9.99. The first-order valence-corrected chi connectivity index (χ1v) is 5.42. The minimum atomic E-state index is 0.107. The maximum atomic E-state index is 11.0. The number of carbonyl (C=O) groups excluding carboxylic acids is 1. The molecule has 0 aromatic rings. The fraction of sp³-hybridized carbons (Fsp3) is 0.875. The Morgan fingerprint density at radius 3 is 3.00 bits per heavy atom. The van der Waals surface area contributed by atoms with Gasteiger partial charge >= 0.3 is 0 Å². The molecule has 1 fully saturated rings. The van der Waals surface area contributed by atoms with Gasteiger partial charge in [-0.05, 0) is 6.42 Å². The van der Waals surface area contributed by atoms with E-state index in [1.807, 2.05) is 0 Å². The highest BCUT2D eigenvalue weighted by Crippen LogP contribution is 2.21. The Bertz CT molecular complexity index is 163. The van der Waals surface area contributed by atoms with Crippen LogP contribution in [0.4, 0.5) is 0 Å². The van der Waals surface area contributed by atoms with Crippen LogP contribution in [-0.4, -0.2) is 28.9 Å². The summed E-state index contributed by atoms with van der Waals surface area (Å²) in [6.07, 6.45) is 2.73. The number of hydrogen-bond acceptors (Lipinski definition) is 2. The van der Waals surface area contributed by atoms with Crippen molar-refractivity contribution in [2.75, 3.05) is 11.9 Å². The van der Waals surface area contributed by atoms with Crippen LogP contribution >= 0.6 is 15.9 Å². The van der Waals surface area contributed by atoms with Crippen LogP contribution in [0.3, 0.4) is 0 Å². The van der Waals surface area contributed by atoms with Gasteiger partial charge in [0.1, 0.15) is 0 Å². The van der Waals surface area contributed by atoms with Crippen LogP contribution < -0.4 is 0 Å².